The van der Waals surface area contributed by atoms with Gasteiger partial charge in [0.15, 0.2) is 5.82 Å². The molecule has 9 nitrogen and oxygen atoms in total. The number of fused-ring (bicyclic) bond motifs is 1. The van der Waals surface area contributed by atoms with Gasteiger partial charge in [-0.05, 0) is 38.0 Å². The van der Waals surface area contributed by atoms with Crippen molar-refractivity contribution in [3.05, 3.63) is 60.1 Å². The third-order valence-corrected chi connectivity index (χ3v) is 5.82. The number of anilines is 2. The van der Waals surface area contributed by atoms with E-state index in [0.29, 0.717) is 30.5 Å². The first-order chi connectivity index (χ1) is 15.3. The number of hydrogen-bond acceptors (Lipinski definition) is 7. The number of nitrogens with one attached hydrogen (secondary N) is 1. The lowest BCUT2D eigenvalue weighted by Gasteiger charge is -2.26. The normalized spacial score (nSPS) is 17.1. The lowest BCUT2D eigenvalue weighted by molar-refractivity contribution is -0.121. The number of carbonyl (C=O) groups is 2. The fourth-order valence-corrected chi connectivity index (χ4v) is 3.85. The van der Waals surface area contributed by atoms with Crippen molar-refractivity contribution in [2.45, 2.75) is 32.2 Å². The molecule has 162 valence electrons. The highest BCUT2D eigenvalue weighted by Crippen LogP contribution is 2.46. The second-order valence-corrected chi connectivity index (χ2v) is 8.49. The number of nitrogens with zero attached hydrogens (tertiary/aromatic N) is 5. The Kier molecular flexibility index (Phi) is 4.70. The van der Waals surface area contributed by atoms with Gasteiger partial charge < -0.3 is 10.1 Å². The van der Waals surface area contributed by atoms with Crippen LogP contribution in [-0.4, -0.2) is 51.0 Å². The summed E-state index contributed by atoms with van der Waals surface area (Å²) < 4.78 is 5.09. The molecule has 1 saturated heterocycles. The molecule has 2 aromatic heterocycles. The average Bonchev–Trinajstić information content (AvgIpc) is 2.96. The molecule has 0 atom stereocenters. The van der Waals surface area contributed by atoms with Crippen molar-refractivity contribution in [2.24, 2.45) is 0 Å². The summed E-state index contributed by atoms with van der Waals surface area (Å²) in [5.74, 6) is 0.511. The Labute approximate surface area is 184 Å². The molecule has 4 heterocycles. The van der Waals surface area contributed by atoms with E-state index in [1.54, 1.807) is 12.4 Å². The van der Waals surface area contributed by atoms with Gasteiger partial charge >= 0.3 is 0 Å². The van der Waals surface area contributed by atoms with Gasteiger partial charge in [-0.3, -0.25) is 19.5 Å². The second kappa shape index (κ2) is 7.45. The lowest BCUT2D eigenvalue weighted by atomic mass is 9.85. The highest BCUT2D eigenvalue weighted by molar-refractivity contribution is 6.12. The van der Waals surface area contributed by atoms with Gasteiger partial charge in [-0.2, -0.15) is 0 Å². The van der Waals surface area contributed by atoms with E-state index in [4.69, 9.17) is 4.74 Å². The number of carbonyl (C=O) groups excluding carboxylic acids is 2. The van der Waals surface area contributed by atoms with Crippen LogP contribution in [0.25, 0.3) is 11.1 Å². The van der Waals surface area contributed by atoms with E-state index in [1.165, 1.54) is 17.3 Å². The Morgan fingerprint density at radius 1 is 1.12 bits per heavy atom. The SMILES string of the molecule is Cc1ncc(-c2ccc3c(c2)N(c2cncc(C(=O)NC4COC4)n2)C(=O)C3(C)C)cn1. The Morgan fingerprint density at radius 2 is 1.88 bits per heavy atom. The molecular weight excluding hydrogens is 408 g/mol. The summed E-state index contributed by atoms with van der Waals surface area (Å²) in [6.07, 6.45) is 6.40. The van der Waals surface area contributed by atoms with Gasteiger partial charge in [-0.1, -0.05) is 12.1 Å². The molecule has 3 aromatic rings. The van der Waals surface area contributed by atoms with Gasteiger partial charge in [-0.15, -0.1) is 0 Å². The number of ether oxygens (including phenoxy) is 1. The van der Waals surface area contributed by atoms with Crippen LogP contribution >= 0.6 is 0 Å². The Bertz CT molecular complexity index is 1220. The number of aryl methyl sites for hydroxylation is 1. The van der Waals surface area contributed by atoms with E-state index in [-0.39, 0.29) is 23.6 Å². The van der Waals surface area contributed by atoms with Crippen molar-refractivity contribution < 1.29 is 14.3 Å². The average molecular weight is 430 g/mol. The van der Waals surface area contributed by atoms with Crippen molar-refractivity contribution in [3.63, 3.8) is 0 Å². The van der Waals surface area contributed by atoms with Crippen molar-refractivity contribution in [3.8, 4) is 11.1 Å². The number of benzene rings is 1. The molecule has 0 spiro atoms. The number of amides is 2. The highest BCUT2D eigenvalue weighted by Gasteiger charge is 2.45. The van der Waals surface area contributed by atoms with E-state index in [1.807, 2.05) is 39.0 Å². The van der Waals surface area contributed by atoms with Crippen molar-refractivity contribution >= 4 is 23.3 Å². The predicted octanol–water partition coefficient (Wildman–Crippen LogP) is 2.33. The van der Waals surface area contributed by atoms with E-state index in [2.05, 4.69) is 25.3 Å². The molecule has 2 aliphatic heterocycles. The van der Waals surface area contributed by atoms with Gasteiger partial charge in [-0.25, -0.2) is 15.0 Å². The van der Waals surface area contributed by atoms with Crippen LogP contribution in [0.15, 0.2) is 43.0 Å². The van der Waals surface area contributed by atoms with Gasteiger partial charge in [0, 0.05) is 18.0 Å². The minimum Gasteiger partial charge on any atom is -0.377 e. The Hall–Kier alpha value is -3.72. The third kappa shape index (κ3) is 3.31. The molecule has 32 heavy (non-hydrogen) atoms. The topological polar surface area (TPSA) is 110 Å². The minimum absolute atomic E-state index is 0.0275. The smallest absolute Gasteiger partial charge is 0.271 e. The molecule has 1 N–H and O–H groups in total. The monoisotopic (exact) mass is 430 g/mol. The molecule has 2 aliphatic rings. The zero-order chi connectivity index (χ0) is 22.5. The first kappa shape index (κ1) is 20.2. The minimum atomic E-state index is -0.749. The third-order valence-electron chi connectivity index (χ3n) is 5.82. The fourth-order valence-electron chi connectivity index (χ4n) is 3.85. The van der Waals surface area contributed by atoms with Crippen LogP contribution in [0.1, 0.15) is 35.7 Å². The first-order valence-electron chi connectivity index (χ1n) is 10.3. The molecule has 0 saturated carbocycles. The van der Waals surface area contributed by atoms with Crippen LogP contribution in [0.2, 0.25) is 0 Å². The molecule has 1 fully saturated rings. The van der Waals surface area contributed by atoms with Crippen LogP contribution in [0, 0.1) is 6.92 Å². The zero-order valence-electron chi connectivity index (χ0n) is 18.0. The molecule has 0 unspecified atom stereocenters. The van der Waals surface area contributed by atoms with Crippen molar-refractivity contribution in [1.82, 2.24) is 25.3 Å². The van der Waals surface area contributed by atoms with Gasteiger partial charge in [0.2, 0.25) is 5.91 Å². The molecule has 0 aliphatic carbocycles. The van der Waals surface area contributed by atoms with E-state index >= 15 is 0 Å². The standard InChI is InChI=1S/C23H22N6O3/c1-13-25-7-15(8-26-13)14-4-5-17-19(6-14)29(22(31)23(17,2)3)20-10-24-9-18(28-20)21(30)27-16-11-32-12-16/h4-10,16H,11-12H2,1-3H3,(H,27,30). The van der Waals surface area contributed by atoms with E-state index < -0.39 is 5.41 Å². The van der Waals surface area contributed by atoms with Crippen molar-refractivity contribution in [2.75, 3.05) is 18.1 Å². The Balaban J connectivity index is 1.55. The van der Waals surface area contributed by atoms with E-state index in [9.17, 15) is 9.59 Å². The fraction of sp³-hybridized carbons (Fsp3) is 0.304. The summed E-state index contributed by atoms with van der Waals surface area (Å²) in [7, 11) is 0. The van der Waals surface area contributed by atoms with Crippen LogP contribution in [-0.2, 0) is 14.9 Å². The first-order valence-corrected chi connectivity index (χ1v) is 10.3. The van der Waals surface area contributed by atoms with Gasteiger partial charge in [0.25, 0.3) is 5.91 Å². The maximum atomic E-state index is 13.4. The predicted molar refractivity (Wildman–Crippen MR) is 116 cm³/mol. The zero-order valence-corrected chi connectivity index (χ0v) is 18.0. The maximum absolute atomic E-state index is 13.4. The van der Waals surface area contributed by atoms with Crippen LogP contribution in [0.4, 0.5) is 11.5 Å². The van der Waals surface area contributed by atoms with Crippen LogP contribution in [0.3, 0.4) is 0 Å². The number of rotatable bonds is 4. The second-order valence-electron chi connectivity index (χ2n) is 8.49. The molecule has 0 bridgehead atoms. The molecule has 9 heteroatoms. The highest BCUT2D eigenvalue weighted by atomic mass is 16.5. The lowest BCUT2D eigenvalue weighted by Crippen LogP contribution is -2.48. The number of hydrogen-bond donors (Lipinski definition) is 1. The summed E-state index contributed by atoms with van der Waals surface area (Å²) in [5, 5.41) is 2.85. The quantitative estimate of drug-likeness (QED) is 0.676. The molecule has 0 radical (unpaired) electrons. The van der Waals surface area contributed by atoms with Crippen LogP contribution in [0.5, 0.6) is 0 Å². The summed E-state index contributed by atoms with van der Waals surface area (Å²) >= 11 is 0. The summed E-state index contributed by atoms with van der Waals surface area (Å²) in [5.41, 5.74) is 2.71. The molecule has 5 rings (SSSR count). The summed E-state index contributed by atoms with van der Waals surface area (Å²) in [4.78, 5) is 44.7. The van der Waals surface area contributed by atoms with E-state index in [0.717, 1.165) is 16.7 Å². The maximum Gasteiger partial charge on any atom is 0.271 e. The van der Waals surface area contributed by atoms with Gasteiger partial charge in [0.05, 0.1) is 42.8 Å². The molecule has 2 amide bonds. The molecule has 1 aromatic carbocycles. The van der Waals surface area contributed by atoms with Gasteiger partial charge in [0.1, 0.15) is 11.5 Å². The Morgan fingerprint density at radius 3 is 2.56 bits per heavy atom. The van der Waals surface area contributed by atoms with Crippen LogP contribution < -0.4 is 10.2 Å². The number of aromatic nitrogens is 4. The summed E-state index contributed by atoms with van der Waals surface area (Å²) in [6, 6.07) is 5.81. The largest absolute Gasteiger partial charge is 0.377 e. The van der Waals surface area contributed by atoms with Crippen molar-refractivity contribution in [1.29, 1.82) is 0 Å². The molecular formula is C23H22N6O3. The summed E-state index contributed by atoms with van der Waals surface area (Å²) in [6.45, 7) is 6.55.